The van der Waals surface area contributed by atoms with Crippen molar-refractivity contribution in [1.82, 2.24) is 4.90 Å². The van der Waals surface area contributed by atoms with Gasteiger partial charge in [0.25, 0.3) is 11.1 Å². The van der Waals surface area contributed by atoms with E-state index in [1.165, 1.54) is 19.3 Å². The second-order valence-corrected chi connectivity index (χ2v) is 7.82. The highest BCUT2D eigenvalue weighted by Crippen LogP contribution is 2.37. The van der Waals surface area contributed by atoms with Crippen molar-refractivity contribution in [1.29, 1.82) is 0 Å². The van der Waals surface area contributed by atoms with Gasteiger partial charge in [-0.25, -0.2) is 4.79 Å². The van der Waals surface area contributed by atoms with E-state index < -0.39 is 36.2 Å². The van der Waals surface area contributed by atoms with Crippen molar-refractivity contribution in [2.75, 3.05) is 25.6 Å². The van der Waals surface area contributed by atoms with Crippen molar-refractivity contribution in [3.8, 4) is 11.5 Å². The molecular weight excluding hydrogens is 460 g/mol. The summed E-state index contributed by atoms with van der Waals surface area (Å²) < 4.78 is 10.5. The van der Waals surface area contributed by atoms with Gasteiger partial charge < -0.3 is 19.9 Å². The Balaban J connectivity index is 1.78. The van der Waals surface area contributed by atoms with Crippen LogP contribution in [0.25, 0.3) is 6.08 Å². The third kappa shape index (κ3) is 5.59. The van der Waals surface area contributed by atoms with Gasteiger partial charge in [-0.05, 0) is 42.1 Å². The van der Waals surface area contributed by atoms with E-state index >= 15 is 0 Å². The van der Waals surface area contributed by atoms with Crippen LogP contribution < -0.4 is 14.8 Å². The highest BCUT2D eigenvalue weighted by atomic mass is 35.5. The standard InChI is InChI=1S/C21H17ClN2O7S/c1-30-15-7-2-4-12(19(15)31-11-18(26)27)8-16-20(28)24(21(29)32-16)10-17(25)23-14-6-3-5-13(22)9-14/h2-9H,10-11H2,1H3,(H,23,25)(H,26,27)/b16-8+. The normalized spacial score (nSPS) is 14.6. The Bertz CT molecular complexity index is 1120. The summed E-state index contributed by atoms with van der Waals surface area (Å²) in [5, 5.41) is 11.3. The Kier molecular flexibility index (Phi) is 7.39. The number of carbonyl (C=O) groups is 4. The summed E-state index contributed by atoms with van der Waals surface area (Å²) in [6.07, 6.45) is 1.39. The van der Waals surface area contributed by atoms with Gasteiger partial charge in [0.2, 0.25) is 5.91 Å². The fourth-order valence-electron chi connectivity index (χ4n) is 2.78. The number of carboxylic acid groups (broad SMARTS) is 1. The van der Waals surface area contributed by atoms with Crippen LogP contribution in [0.5, 0.6) is 11.5 Å². The number of halogens is 1. The number of methoxy groups -OCH3 is 1. The molecule has 0 aromatic heterocycles. The summed E-state index contributed by atoms with van der Waals surface area (Å²) >= 11 is 6.54. The summed E-state index contributed by atoms with van der Waals surface area (Å²) in [4.78, 5) is 49.1. The van der Waals surface area contributed by atoms with Gasteiger partial charge >= 0.3 is 5.97 Å². The number of hydrogen-bond acceptors (Lipinski definition) is 7. The van der Waals surface area contributed by atoms with Gasteiger partial charge in [-0.3, -0.25) is 19.3 Å². The van der Waals surface area contributed by atoms with Gasteiger partial charge in [0, 0.05) is 16.3 Å². The average molecular weight is 477 g/mol. The lowest BCUT2D eigenvalue weighted by atomic mass is 10.1. The molecule has 0 bridgehead atoms. The highest BCUT2D eigenvalue weighted by Gasteiger charge is 2.36. The first-order chi connectivity index (χ1) is 15.3. The Morgan fingerprint density at radius 3 is 2.66 bits per heavy atom. The van der Waals surface area contributed by atoms with E-state index in [4.69, 9.17) is 26.2 Å². The number of imide groups is 1. The largest absolute Gasteiger partial charge is 0.493 e. The Hall–Kier alpha value is -3.50. The van der Waals surface area contributed by atoms with Crippen LogP contribution in [-0.4, -0.2) is 53.3 Å². The van der Waals surface area contributed by atoms with Crippen LogP contribution >= 0.6 is 23.4 Å². The van der Waals surface area contributed by atoms with Gasteiger partial charge in [0.1, 0.15) is 6.54 Å². The molecule has 1 heterocycles. The molecular formula is C21H17ClN2O7S. The maximum atomic E-state index is 12.7. The van der Waals surface area contributed by atoms with Crippen molar-refractivity contribution in [3.63, 3.8) is 0 Å². The number of rotatable bonds is 8. The molecule has 11 heteroatoms. The molecule has 3 amide bonds. The fourth-order valence-corrected chi connectivity index (χ4v) is 3.80. The minimum Gasteiger partial charge on any atom is -0.493 e. The zero-order chi connectivity index (χ0) is 23.3. The molecule has 32 heavy (non-hydrogen) atoms. The van der Waals surface area contributed by atoms with Gasteiger partial charge in [0.15, 0.2) is 18.1 Å². The third-order valence-corrected chi connectivity index (χ3v) is 5.28. The molecule has 1 aliphatic heterocycles. The molecule has 0 atom stereocenters. The smallest absolute Gasteiger partial charge is 0.341 e. The second-order valence-electron chi connectivity index (χ2n) is 6.39. The predicted octanol–water partition coefficient (Wildman–Crippen LogP) is 3.49. The molecule has 9 nitrogen and oxygen atoms in total. The van der Waals surface area contributed by atoms with Crippen LogP contribution in [0, 0.1) is 0 Å². The summed E-state index contributed by atoms with van der Waals surface area (Å²) in [7, 11) is 1.39. The second kappa shape index (κ2) is 10.2. The quantitative estimate of drug-likeness (QED) is 0.555. The molecule has 3 rings (SSSR count). The molecule has 166 valence electrons. The zero-order valence-electron chi connectivity index (χ0n) is 16.7. The van der Waals surface area contributed by atoms with E-state index in [0.29, 0.717) is 28.0 Å². The van der Waals surface area contributed by atoms with Crippen LogP contribution in [0.1, 0.15) is 5.56 Å². The van der Waals surface area contributed by atoms with E-state index in [1.807, 2.05) is 0 Å². The number of anilines is 1. The number of nitrogens with zero attached hydrogens (tertiary/aromatic N) is 1. The Morgan fingerprint density at radius 1 is 1.22 bits per heavy atom. The van der Waals surface area contributed by atoms with Crippen LogP contribution in [0.15, 0.2) is 47.4 Å². The van der Waals surface area contributed by atoms with Crippen molar-refractivity contribution in [3.05, 3.63) is 58.0 Å². The summed E-state index contributed by atoms with van der Waals surface area (Å²) in [5.41, 5.74) is 0.779. The fraction of sp³-hybridized carbons (Fsp3) is 0.143. The van der Waals surface area contributed by atoms with Crippen molar-refractivity contribution in [2.45, 2.75) is 0 Å². The van der Waals surface area contributed by atoms with Crippen molar-refractivity contribution < 1.29 is 33.8 Å². The maximum absolute atomic E-state index is 12.7. The van der Waals surface area contributed by atoms with Gasteiger partial charge in [-0.15, -0.1) is 0 Å². The molecule has 1 saturated heterocycles. The molecule has 0 spiro atoms. The number of benzene rings is 2. The van der Waals surface area contributed by atoms with E-state index in [-0.39, 0.29) is 16.4 Å². The molecule has 0 radical (unpaired) electrons. The average Bonchev–Trinajstić information content (AvgIpc) is 2.99. The Labute approximate surface area is 191 Å². The number of hydrogen-bond donors (Lipinski definition) is 2. The first kappa shape index (κ1) is 23.2. The van der Waals surface area contributed by atoms with Gasteiger partial charge in [-0.1, -0.05) is 29.8 Å². The van der Waals surface area contributed by atoms with Crippen molar-refractivity contribution in [2.24, 2.45) is 0 Å². The lowest BCUT2D eigenvalue weighted by Crippen LogP contribution is -2.36. The van der Waals surface area contributed by atoms with Crippen LogP contribution in [-0.2, 0) is 14.4 Å². The lowest BCUT2D eigenvalue weighted by molar-refractivity contribution is -0.139. The number of carboxylic acids is 1. The first-order valence-electron chi connectivity index (χ1n) is 9.11. The number of para-hydroxylation sites is 1. The number of ether oxygens (including phenoxy) is 2. The molecule has 2 aromatic rings. The lowest BCUT2D eigenvalue weighted by Gasteiger charge is -2.13. The van der Waals surface area contributed by atoms with E-state index in [2.05, 4.69) is 5.32 Å². The summed E-state index contributed by atoms with van der Waals surface area (Å²) in [6, 6.07) is 11.2. The van der Waals surface area contributed by atoms with E-state index in [9.17, 15) is 19.2 Å². The topological polar surface area (TPSA) is 122 Å². The van der Waals surface area contributed by atoms with Gasteiger partial charge in [-0.2, -0.15) is 0 Å². The highest BCUT2D eigenvalue weighted by molar-refractivity contribution is 8.18. The number of carbonyl (C=O) groups excluding carboxylic acids is 3. The van der Waals surface area contributed by atoms with Crippen LogP contribution in [0.3, 0.4) is 0 Å². The Morgan fingerprint density at radius 2 is 1.97 bits per heavy atom. The molecule has 0 saturated carbocycles. The number of aliphatic carboxylic acids is 1. The number of amides is 3. The van der Waals surface area contributed by atoms with Gasteiger partial charge in [0.05, 0.1) is 12.0 Å². The molecule has 1 aliphatic rings. The monoisotopic (exact) mass is 476 g/mol. The molecule has 2 N–H and O–H groups in total. The molecule has 1 fully saturated rings. The summed E-state index contributed by atoms with van der Waals surface area (Å²) in [6.45, 7) is -1.10. The zero-order valence-corrected chi connectivity index (χ0v) is 18.2. The number of thioether (sulfide) groups is 1. The van der Waals surface area contributed by atoms with E-state index in [0.717, 1.165) is 4.90 Å². The summed E-state index contributed by atoms with van der Waals surface area (Å²) in [5.74, 6) is -2.04. The van der Waals surface area contributed by atoms with E-state index in [1.54, 1.807) is 36.4 Å². The maximum Gasteiger partial charge on any atom is 0.341 e. The first-order valence-corrected chi connectivity index (χ1v) is 10.3. The number of nitrogens with one attached hydrogen (secondary N) is 1. The van der Waals surface area contributed by atoms with Crippen LogP contribution in [0.2, 0.25) is 5.02 Å². The van der Waals surface area contributed by atoms with Crippen LogP contribution in [0.4, 0.5) is 10.5 Å². The SMILES string of the molecule is COc1cccc(/C=C2/SC(=O)N(CC(=O)Nc3cccc(Cl)c3)C2=O)c1OCC(=O)O. The molecule has 2 aromatic carbocycles. The van der Waals surface area contributed by atoms with Crippen molar-refractivity contribution >= 4 is 58.1 Å². The minimum absolute atomic E-state index is 0.0546. The third-order valence-electron chi connectivity index (χ3n) is 4.14. The molecule has 0 unspecified atom stereocenters. The predicted molar refractivity (Wildman–Crippen MR) is 119 cm³/mol. The minimum atomic E-state index is -1.19. The molecule has 0 aliphatic carbocycles.